The van der Waals surface area contributed by atoms with Gasteiger partial charge in [0, 0.05) is 18.2 Å². The van der Waals surface area contributed by atoms with Gasteiger partial charge in [0.05, 0.1) is 21.0 Å². The Morgan fingerprint density at radius 3 is 2.62 bits per heavy atom. The van der Waals surface area contributed by atoms with E-state index in [0.29, 0.717) is 22.9 Å². The van der Waals surface area contributed by atoms with Crippen molar-refractivity contribution in [2.24, 2.45) is 0 Å². The molecule has 0 bridgehead atoms. The van der Waals surface area contributed by atoms with E-state index in [4.69, 9.17) is 16.6 Å². The van der Waals surface area contributed by atoms with Crippen molar-refractivity contribution >= 4 is 34.2 Å². The number of aromatic nitrogens is 4. The van der Waals surface area contributed by atoms with Crippen LogP contribution < -0.4 is 0 Å². The van der Waals surface area contributed by atoms with Crippen LogP contribution in [0.5, 0.6) is 0 Å². The lowest BCUT2D eigenvalue weighted by Gasteiger charge is -2.13. The smallest absolute Gasteiger partial charge is 0.164 e. The van der Waals surface area contributed by atoms with Crippen LogP contribution in [-0.2, 0) is 0 Å². The van der Waals surface area contributed by atoms with Crippen molar-refractivity contribution in [1.82, 2.24) is 19.7 Å². The van der Waals surface area contributed by atoms with Crippen LogP contribution in [-0.4, -0.2) is 19.7 Å². The lowest BCUT2D eigenvalue weighted by molar-refractivity contribution is 0.532. The van der Waals surface area contributed by atoms with Gasteiger partial charge in [0.2, 0.25) is 0 Å². The van der Waals surface area contributed by atoms with E-state index >= 15 is 0 Å². The molecule has 112 valence electrons. The highest BCUT2D eigenvalue weighted by atomic mass is 127. The Morgan fingerprint density at radius 1 is 1.29 bits per heavy atom. The molecular formula is C15H18ClIN4. The third-order valence-corrected chi connectivity index (χ3v) is 5.62. The second-order valence-electron chi connectivity index (χ2n) is 5.82. The van der Waals surface area contributed by atoms with Gasteiger partial charge in [-0.2, -0.15) is 5.10 Å². The van der Waals surface area contributed by atoms with Gasteiger partial charge in [-0.1, -0.05) is 24.4 Å². The van der Waals surface area contributed by atoms with Gasteiger partial charge in [-0.3, -0.25) is 4.68 Å². The summed E-state index contributed by atoms with van der Waals surface area (Å²) in [6.45, 7) is 4.20. The predicted octanol–water partition coefficient (Wildman–Crippen LogP) is 4.84. The normalized spacial score (nSPS) is 16.0. The molecule has 0 saturated heterocycles. The van der Waals surface area contributed by atoms with Crippen molar-refractivity contribution in [3.63, 3.8) is 0 Å². The lowest BCUT2D eigenvalue weighted by atomic mass is 10.0. The summed E-state index contributed by atoms with van der Waals surface area (Å²) in [5.41, 5.74) is 2.04. The molecule has 1 saturated carbocycles. The minimum Gasteiger partial charge on any atom is -0.270 e. The number of nitrogens with zero attached hydrogens (tertiary/aromatic N) is 4. The van der Waals surface area contributed by atoms with Crippen molar-refractivity contribution < 1.29 is 0 Å². The molecule has 0 unspecified atom stereocenters. The van der Waals surface area contributed by atoms with Gasteiger partial charge in [-0.05, 0) is 49.3 Å². The molecule has 0 spiro atoms. The molecule has 1 fully saturated rings. The van der Waals surface area contributed by atoms with Crippen molar-refractivity contribution in [3.8, 4) is 11.4 Å². The summed E-state index contributed by atoms with van der Waals surface area (Å²) < 4.78 is 2.92. The molecule has 0 aromatic carbocycles. The van der Waals surface area contributed by atoms with E-state index in [1.165, 1.54) is 25.7 Å². The molecule has 0 radical (unpaired) electrons. The fourth-order valence-corrected chi connectivity index (χ4v) is 3.63. The number of halogens is 2. The second kappa shape index (κ2) is 6.20. The fourth-order valence-electron chi connectivity index (χ4n) is 2.77. The molecule has 6 heteroatoms. The molecule has 21 heavy (non-hydrogen) atoms. The minimum absolute atomic E-state index is 0.326. The van der Waals surface area contributed by atoms with Crippen LogP contribution in [0, 0.1) is 3.57 Å². The van der Waals surface area contributed by atoms with Crippen LogP contribution in [0.15, 0.2) is 12.4 Å². The first-order chi connectivity index (χ1) is 10.1. The molecule has 2 heterocycles. The monoisotopic (exact) mass is 416 g/mol. The highest BCUT2D eigenvalue weighted by Gasteiger charge is 2.24. The van der Waals surface area contributed by atoms with Gasteiger partial charge < -0.3 is 0 Å². The van der Waals surface area contributed by atoms with Crippen LogP contribution >= 0.6 is 34.2 Å². The standard InChI is InChI=1S/C15H18ClIN4/c1-9(2)21-8-11(7-18-21)15-19-13(10-5-3-4-6-10)12(17)14(16)20-15/h7-10H,3-6H2,1-2H3. The average Bonchev–Trinajstić information content (AvgIpc) is 3.11. The number of hydrogen-bond donors (Lipinski definition) is 0. The largest absolute Gasteiger partial charge is 0.270 e. The summed E-state index contributed by atoms with van der Waals surface area (Å²) in [6, 6.07) is 0.326. The van der Waals surface area contributed by atoms with Crippen LogP contribution in [0.1, 0.15) is 57.2 Å². The molecule has 1 aliphatic rings. The fraction of sp³-hybridized carbons (Fsp3) is 0.533. The second-order valence-corrected chi connectivity index (χ2v) is 7.26. The molecule has 2 aromatic rings. The summed E-state index contributed by atoms with van der Waals surface area (Å²) in [4.78, 5) is 9.24. The predicted molar refractivity (Wildman–Crippen MR) is 92.6 cm³/mol. The Morgan fingerprint density at radius 2 is 2.00 bits per heavy atom. The summed E-state index contributed by atoms with van der Waals surface area (Å²) >= 11 is 8.60. The van der Waals surface area contributed by atoms with Crippen LogP contribution in [0.25, 0.3) is 11.4 Å². The van der Waals surface area contributed by atoms with Gasteiger partial charge >= 0.3 is 0 Å². The maximum atomic E-state index is 6.33. The van der Waals surface area contributed by atoms with E-state index < -0.39 is 0 Å². The van der Waals surface area contributed by atoms with Gasteiger partial charge in [-0.15, -0.1) is 0 Å². The lowest BCUT2D eigenvalue weighted by Crippen LogP contribution is -2.04. The molecule has 0 atom stereocenters. The Kier molecular flexibility index (Phi) is 4.49. The van der Waals surface area contributed by atoms with Crippen LogP contribution in [0.3, 0.4) is 0 Å². The molecule has 4 nitrogen and oxygen atoms in total. The van der Waals surface area contributed by atoms with Crippen molar-refractivity contribution in [2.45, 2.75) is 51.5 Å². The zero-order chi connectivity index (χ0) is 15.0. The Bertz CT molecular complexity index is 647. The van der Waals surface area contributed by atoms with Gasteiger partial charge in [0.25, 0.3) is 0 Å². The third kappa shape index (κ3) is 3.08. The highest BCUT2D eigenvalue weighted by molar-refractivity contribution is 14.1. The van der Waals surface area contributed by atoms with Crippen molar-refractivity contribution in [2.75, 3.05) is 0 Å². The first kappa shape index (κ1) is 15.2. The summed E-state index contributed by atoms with van der Waals surface area (Å²) in [6.07, 6.45) is 8.77. The maximum Gasteiger partial charge on any atom is 0.164 e. The number of rotatable bonds is 3. The minimum atomic E-state index is 0.326. The zero-order valence-electron chi connectivity index (χ0n) is 12.2. The van der Waals surface area contributed by atoms with Crippen molar-refractivity contribution in [1.29, 1.82) is 0 Å². The average molecular weight is 417 g/mol. The van der Waals surface area contributed by atoms with E-state index in [-0.39, 0.29) is 0 Å². The maximum absolute atomic E-state index is 6.33. The molecular weight excluding hydrogens is 399 g/mol. The van der Waals surface area contributed by atoms with E-state index in [0.717, 1.165) is 14.8 Å². The van der Waals surface area contributed by atoms with E-state index in [1.54, 1.807) is 0 Å². The highest BCUT2D eigenvalue weighted by Crippen LogP contribution is 2.37. The molecule has 1 aliphatic carbocycles. The molecule has 0 amide bonds. The number of hydrogen-bond acceptors (Lipinski definition) is 3. The third-order valence-electron chi connectivity index (χ3n) is 3.97. The van der Waals surface area contributed by atoms with Crippen LogP contribution in [0.2, 0.25) is 5.15 Å². The summed E-state index contributed by atoms with van der Waals surface area (Å²) in [5.74, 6) is 1.21. The van der Waals surface area contributed by atoms with E-state index in [1.807, 2.05) is 17.1 Å². The van der Waals surface area contributed by atoms with E-state index in [9.17, 15) is 0 Å². The SMILES string of the molecule is CC(C)n1cc(-c2nc(Cl)c(I)c(C3CCCC3)n2)cn1. The van der Waals surface area contributed by atoms with Gasteiger partial charge in [-0.25, -0.2) is 9.97 Å². The molecule has 3 rings (SSSR count). The first-order valence-corrected chi connectivity index (χ1v) is 8.79. The quantitative estimate of drug-likeness (QED) is 0.531. The summed E-state index contributed by atoms with van der Waals surface area (Å²) in [5, 5.41) is 4.92. The summed E-state index contributed by atoms with van der Waals surface area (Å²) in [7, 11) is 0. The van der Waals surface area contributed by atoms with Gasteiger partial charge in [0.1, 0.15) is 5.15 Å². The van der Waals surface area contributed by atoms with Crippen LogP contribution in [0.4, 0.5) is 0 Å². The zero-order valence-corrected chi connectivity index (χ0v) is 15.1. The van der Waals surface area contributed by atoms with Gasteiger partial charge in [0.15, 0.2) is 5.82 Å². The molecule has 2 aromatic heterocycles. The van der Waals surface area contributed by atoms with E-state index in [2.05, 4.69) is 46.5 Å². The first-order valence-electron chi connectivity index (χ1n) is 7.33. The molecule has 0 aliphatic heterocycles. The Balaban J connectivity index is 2.02. The Labute approximate surface area is 143 Å². The molecule has 0 N–H and O–H groups in total. The Hall–Kier alpha value is -0.690. The van der Waals surface area contributed by atoms with Crippen molar-refractivity contribution in [3.05, 3.63) is 26.8 Å². The topological polar surface area (TPSA) is 43.6 Å².